The molecule has 0 aromatic heterocycles. The van der Waals surface area contributed by atoms with Gasteiger partial charge in [0.2, 0.25) is 5.50 Å². The molecule has 0 N–H and O–H groups in total. The third-order valence-electron chi connectivity index (χ3n) is 1.79. The number of hydrogen-bond acceptors (Lipinski definition) is 5. The van der Waals surface area contributed by atoms with Crippen molar-refractivity contribution < 1.29 is 24.9 Å². The highest BCUT2D eigenvalue weighted by atomic mass is 32.3. The lowest BCUT2D eigenvalue weighted by Crippen LogP contribution is -2.39. The first kappa shape index (κ1) is 10.9. The van der Waals surface area contributed by atoms with E-state index >= 15 is 0 Å². The number of rotatable bonds is 1. The Morgan fingerprint density at radius 1 is 1.38 bits per heavy atom. The van der Waals surface area contributed by atoms with E-state index in [-0.39, 0.29) is 6.42 Å². The molecule has 1 rings (SSSR count). The van der Waals surface area contributed by atoms with Gasteiger partial charge in [-0.05, 0) is 6.42 Å². The smallest absolute Gasteiger partial charge is 0.227 e. The third kappa shape index (κ3) is 2.18. The predicted octanol–water partition coefficient (Wildman–Crippen LogP) is -0.00200. The molecule has 0 spiro atoms. The van der Waals surface area contributed by atoms with E-state index in [2.05, 4.69) is 3.63 Å². The van der Waals surface area contributed by atoms with Gasteiger partial charge in [-0.1, -0.05) is 6.92 Å². The first-order valence-corrected chi connectivity index (χ1v) is 6.65. The minimum atomic E-state index is -4.58. The lowest BCUT2D eigenvalue weighted by molar-refractivity contribution is 0.278. The van der Waals surface area contributed by atoms with Crippen molar-refractivity contribution in [3.05, 3.63) is 0 Å². The average molecular weight is 232 g/mol. The maximum Gasteiger partial charge on any atom is 0.314 e. The molecule has 0 amide bonds. The summed E-state index contributed by atoms with van der Waals surface area (Å²) in [6, 6.07) is 0. The van der Waals surface area contributed by atoms with Gasteiger partial charge in [0.05, 0.1) is 5.75 Å². The fraction of sp³-hybridized carbons (Fsp3) is 1.00. The van der Waals surface area contributed by atoms with Crippen LogP contribution >= 0.6 is 0 Å². The zero-order valence-corrected chi connectivity index (χ0v) is 8.44. The Labute approximate surface area is 76.1 Å². The first-order chi connectivity index (χ1) is 5.78. The molecule has 13 heavy (non-hydrogen) atoms. The summed E-state index contributed by atoms with van der Waals surface area (Å²) in [5, 5.41) is 0. The minimum absolute atomic E-state index is 0.142. The molecule has 1 saturated heterocycles. The van der Waals surface area contributed by atoms with Gasteiger partial charge in [0.1, 0.15) is 0 Å². The van der Waals surface area contributed by atoms with Crippen LogP contribution in [0.2, 0.25) is 0 Å². The predicted molar refractivity (Wildman–Crippen MR) is 42.5 cm³/mol. The zero-order chi connectivity index (χ0) is 10.3. The molecule has 1 aliphatic heterocycles. The monoisotopic (exact) mass is 232 g/mol. The Bertz CT molecular complexity index is 383. The highest BCUT2D eigenvalue weighted by molar-refractivity contribution is 8.00. The fourth-order valence-electron chi connectivity index (χ4n) is 1.09. The molecule has 78 valence electrons. The molecule has 0 radical (unpaired) electrons. The zero-order valence-electron chi connectivity index (χ0n) is 6.80. The molecule has 0 bridgehead atoms. The Morgan fingerprint density at radius 3 is 2.38 bits per heavy atom. The van der Waals surface area contributed by atoms with E-state index < -0.39 is 37.4 Å². The molecule has 5 nitrogen and oxygen atoms in total. The molecular weight excluding hydrogens is 223 g/mol. The van der Waals surface area contributed by atoms with Crippen molar-refractivity contribution in [3.63, 3.8) is 0 Å². The van der Waals surface area contributed by atoms with Crippen LogP contribution in [-0.2, 0) is 23.9 Å². The fourth-order valence-corrected chi connectivity index (χ4v) is 4.58. The largest absolute Gasteiger partial charge is 0.314 e. The molecule has 1 aliphatic rings. The molecule has 0 aromatic rings. The van der Waals surface area contributed by atoms with E-state index in [1.165, 1.54) is 6.92 Å². The summed E-state index contributed by atoms with van der Waals surface area (Å²) in [5.74, 6) is -1.60. The highest BCUT2D eigenvalue weighted by Crippen LogP contribution is 2.28. The van der Waals surface area contributed by atoms with Gasteiger partial charge in [0, 0.05) is 5.92 Å². The average Bonchev–Trinajstić information content (AvgIpc) is 1.95. The van der Waals surface area contributed by atoms with Gasteiger partial charge >= 0.3 is 10.1 Å². The normalized spacial score (nSPS) is 37.1. The van der Waals surface area contributed by atoms with Crippen molar-refractivity contribution in [1.29, 1.82) is 0 Å². The van der Waals surface area contributed by atoms with Gasteiger partial charge in [0.15, 0.2) is 0 Å². The molecule has 2 unspecified atom stereocenters. The molecule has 1 heterocycles. The number of hydrogen-bond donors (Lipinski definition) is 0. The van der Waals surface area contributed by atoms with Gasteiger partial charge in [-0.2, -0.15) is 16.8 Å². The second kappa shape index (κ2) is 3.18. The second-order valence-electron chi connectivity index (χ2n) is 2.80. The van der Waals surface area contributed by atoms with Crippen molar-refractivity contribution >= 4 is 20.2 Å². The molecule has 1 fully saturated rings. The molecule has 8 heteroatoms. The van der Waals surface area contributed by atoms with Crippen molar-refractivity contribution in [3.8, 4) is 0 Å². The molecular formula is C5H9FO5S2. The second-order valence-corrected chi connectivity index (χ2v) is 6.23. The van der Waals surface area contributed by atoms with Crippen LogP contribution in [0.15, 0.2) is 0 Å². The van der Waals surface area contributed by atoms with E-state index in [0.717, 1.165) is 0 Å². The van der Waals surface area contributed by atoms with E-state index in [1.807, 2.05) is 0 Å². The minimum Gasteiger partial charge on any atom is -0.227 e. The van der Waals surface area contributed by atoms with E-state index in [0.29, 0.717) is 0 Å². The van der Waals surface area contributed by atoms with Crippen molar-refractivity contribution in [2.45, 2.75) is 18.8 Å². The highest BCUT2D eigenvalue weighted by Gasteiger charge is 2.45. The van der Waals surface area contributed by atoms with Crippen LogP contribution in [0.5, 0.6) is 0 Å². The summed E-state index contributed by atoms with van der Waals surface area (Å²) >= 11 is 0. The number of halogens is 1. The molecule has 0 aliphatic carbocycles. The standard InChI is InChI=1S/C5H9FO5S2/c1-2-4-3-12(7,8)11-13(9,10)5(4)6/h4-5H,2-3H2,1H3. The Kier molecular flexibility index (Phi) is 2.65. The van der Waals surface area contributed by atoms with Crippen LogP contribution in [0.1, 0.15) is 13.3 Å². The summed E-state index contributed by atoms with van der Waals surface area (Å²) in [5.41, 5.74) is -2.24. The Morgan fingerprint density at radius 2 is 1.92 bits per heavy atom. The summed E-state index contributed by atoms with van der Waals surface area (Å²) in [6.07, 6.45) is 0.142. The van der Waals surface area contributed by atoms with E-state index in [9.17, 15) is 21.2 Å². The quantitative estimate of drug-likeness (QED) is 0.635. The van der Waals surface area contributed by atoms with Crippen molar-refractivity contribution in [1.82, 2.24) is 0 Å². The molecule has 2 atom stereocenters. The van der Waals surface area contributed by atoms with Gasteiger partial charge in [-0.25, -0.2) is 4.39 Å². The SMILES string of the molecule is CCC1CS(=O)(=O)OS(=O)(=O)C1F. The van der Waals surface area contributed by atoms with Crippen molar-refractivity contribution in [2.24, 2.45) is 5.92 Å². The molecule has 0 saturated carbocycles. The van der Waals surface area contributed by atoms with Crippen LogP contribution < -0.4 is 0 Å². The maximum absolute atomic E-state index is 13.0. The van der Waals surface area contributed by atoms with Crippen LogP contribution in [0, 0.1) is 5.92 Å². The Balaban J connectivity index is 3.09. The topological polar surface area (TPSA) is 77.5 Å². The van der Waals surface area contributed by atoms with Crippen LogP contribution in [0.25, 0.3) is 0 Å². The number of alkyl halides is 1. The molecule has 0 aromatic carbocycles. The Hall–Kier alpha value is -0.210. The van der Waals surface area contributed by atoms with Crippen LogP contribution in [-0.4, -0.2) is 28.1 Å². The van der Waals surface area contributed by atoms with Gasteiger partial charge < -0.3 is 0 Å². The maximum atomic E-state index is 13.0. The van der Waals surface area contributed by atoms with E-state index in [1.54, 1.807) is 0 Å². The van der Waals surface area contributed by atoms with Gasteiger partial charge in [-0.15, -0.1) is 3.63 Å². The third-order valence-corrected chi connectivity index (χ3v) is 5.15. The lowest BCUT2D eigenvalue weighted by atomic mass is 10.1. The van der Waals surface area contributed by atoms with E-state index in [4.69, 9.17) is 0 Å². The first-order valence-electron chi connectivity index (χ1n) is 3.60. The summed E-state index contributed by atoms with van der Waals surface area (Å²) in [7, 11) is -8.70. The van der Waals surface area contributed by atoms with Gasteiger partial charge in [0.25, 0.3) is 10.1 Å². The summed E-state index contributed by atoms with van der Waals surface area (Å²) in [4.78, 5) is 0. The van der Waals surface area contributed by atoms with Crippen LogP contribution in [0.3, 0.4) is 0 Å². The lowest BCUT2D eigenvalue weighted by Gasteiger charge is -2.23. The van der Waals surface area contributed by atoms with Crippen LogP contribution in [0.4, 0.5) is 4.39 Å². The van der Waals surface area contributed by atoms with Crippen molar-refractivity contribution in [2.75, 3.05) is 5.75 Å². The summed E-state index contributed by atoms with van der Waals surface area (Å²) < 4.78 is 59.9. The van der Waals surface area contributed by atoms with Gasteiger partial charge in [-0.3, -0.25) is 0 Å². The summed E-state index contributed by atoms with van der Waals surface area (Å²) in [6.45, 7) is 1.52.